The van der Waals surface area contributed by atoms with Gasteiger partial charge >= 0.3 is 0 Å². The average Bonchev–Trinajstić information content (AvgIpc) is 3.39. The molecule has 0 spiro atoms. The molecule has 240 valence electrons. The minimum absolute atomic E-state index is 0.0305. The third-order valence-corrected chi connectivity index (χ3v) is 9.94. The highest BCUT2D eigenvalue weighted by Gasteiger charge is 2.36. The van der Waals surface area contributed by atoms with Crippen LogP contribution < -0.4 is 4.74 Å². The largest absolute Gasteiger partial charge is 0.488 e. The van der Waals surface area contributed by atoms with Crippen molar-refractivity contribution < 1.29 is 18.7 Å². The van der Waals surface area contributed by atoms with Gasteiger partial charge in [-0.15, -0.1) is 11.3 Å². The van der Waals surface area contributed by atoms with Crippen LogP contribution in [-0.2, 0) is 15.5 Å². The lowest BCUT2D eigenvalue weighted by atomic mass is 9.77. The van der Waals surface area contributed by atoms with Crippen LogP contribution in [0.4, 0.5) is 0 Å². The van der Waals surface area contributed by atoms with Gasteiger partial charge in [0.25, 0.3) is 0 Å². The zero-order chi connectivity index (χ0) is 32.6. The smallest absolute Gasteiger partial charge is 0.205 e. The first-order chi connectivity index (χ1) is 19.9. The number of hydrogen-bond acceptors (Lipinski definition) is 5. The number of hydrogen-bond donors (Lipinski definition) is 1. The summed E-state index contributed by atoms with van der Waals surface area (Å²) in [7, 11) is -1.88. The molecule has 43 heavy (non-hydrogen) atoms. The number of ether oxygens (including phenoxy) is 1. The van der Waals surface area contributed by atoms with Gasteiger partial charge in [-0.1, -0.05) is 86.6 Å². The molecule has 1 aromatic carbocycles. The molecule has 0 saturated carbocycles. The predicted molar refractivity (Wildman–Crippen MR) is 190 cm³/mol. The Kier molecular flexibility index (Phi) is 14.2. The molecule has 2 atom stereocenters. The van der Waals surface area contributed by atoms with E-state index < -0.39 is 23.7 Å². The Morgan fingerprint density at radius 3 is 1.91 bits per heavy atom. The summed E-state index contributed by atoms with van der Waals surface area (Å²) in [5.74, 6) is 0.853. The van der Waals surface area contributed by atoms with Crippen LogP contribution in [0.1, 0.15) is 115 Å². The third-order valence-electron chi connectivity index (χ3n) is 7.62. The van der Waals surface area contributed by atoms with Crippen LogP contribution in [0, 0.1) is 10.8 Å². The lowest BCUT2D eigenvalue weighted by Crippen LogP contribution is -2.31. The lowest BCUT2D eigenvalue weighted by molar-refractivity contribution is 0.0653. The van der Waals surface area contributed by atoms with Crippen LogP contribution in [0.25, 0.3) is 5.57 Å². The second-order valence-electron chi connectivity index (χ2n) is 14.1. The van der Waals surface area contributed by atoms with Crippen molar-refractivity contribution in [1.29, 1.82) is 0 Å². The van der Waals surface area contributed by atoms with Crippen molar-refractivity contribution in [2.24, 2.45) is 10.8 Å². The van der Waals surface area contributed by atoms with E-state index in [-0.39, 0.29) is 23.0 Å². The first-order valence-corrected chi connectivity index (χ1v) is 21.5. The van der Waals surface area contributed by atoms with Crippen molar-refractivity contribution in [1.82, 2.24) is 0 Å². The first-order valence-electron chi connectivity index (χ1n) is 15.8. The van der Waals surface area contributed by atoms with E-state index in [0.717, 1.165) is 12.2 Å². The highest BCUT2D eigenvalue weighted by Crippen LogP contribution is 2.46. The van der Waals surface area contributed by atoms with E-state index in [4.69, 9.17) is 13.6 Å². The normalized spacial score (nSPS) is 15.1. The monoisotopic (exact) mass is 642 g/mol. The van der Waals surface area contributed by atoms with Gasteiger partial charge in [-0.05, 0) is 102 Å². The van der Waals surface area contributed by atoms with Crippen LogP contribution in [0.15, 0.2) is 47.9 Å². The maximum Gasteiger partial charge on any atom is 0.205 e. The molecule has 2 aromatic rings. The maximum absolute atomic E-state index is 10.6. The minimum Gasteiger partial charge on any atom is -0.488 e. The summed E-state index contributed by atoms with van der Waals surface area (Å²) in [6, 6.07) is 8.74. The van der Waals surface area contributed by atoms with E-state index in [2.05, 4.69) is 110 Å². The van der Waals surface area contributed by atoms with E-state index in [1.165, 1.54) is 27.1 Å². The molecule has 0 bridgehead atoms. The average molecular weight is 643 g/mol. The summed E-state index contributed by atoms with van der Waals surface area (Å²) in [6.07, 6.45) is 8.31. The van der Waals surface area contributed by atoms with E-state index >= 15 is 0 Å². The van der Waals surface area contributed by atoms with Crippen LogP contribution in [-0.4, -0.2) is 28.8 Å². The molecule has 0 amide bonds. The van der Waals surface area contributed by atoms with Gasteiger partial charge in [0.05, 0.1) is 17.8 Å². The second kappa shape index (κ2) is 16.2. The Bertz CT molecular complexity index is 1200. The molecule has 1 N–H and O–H groups in total. The van der Waals surface area contributed by atoms with E-state index in [9.17, 15) is 5.11 Å². The lowest BCUT2D eigenvalue weighted by Gasteiger charge is -2.39. The fourth-order valence-electron chi connectivity index (χ4n) is 5.02. The fourth-order valence-corrected chi connectivity index (χ4v) is 7.74. The number of aliphatic hydroxyl groups is 1. The summed E-state index contributed by atoms with van der Waals surface area (Å²) in [5.41, 5.74) is 3.96. The van der Waals surface area contributed by atoms with Crippen molar-refractivity contribution >= 4 is 35.0 Å². The topological polar surface area (TPSA) is 47.9 Å². The fraction of sp³-hybridized carbons (Fsp3) is 0.611. The summed E-state index contributed by atoms with van der Waals surface area (Å²) in [6.45, 7) is 29.1. The Hall–Kier alpha value is -1.49. The Morgan fingerprint density at radius 1 is 0.860 bits per heavy atom. The van der Waals surface area contributed by atoms with Gasteiger partial charge in [-0.3, -0.25) is 0 Å². The Labute approximate surface area is 271 Å². The second-order valence-corrected chi connectivity index (χ2v) is 19.2. The molecular formula is C36H58O4SSi2. The Morgan fingerprint density at radius 2 is 1.42 bits per heavy atom. The van der Waals surface area contributed by atoms with Gasteiger partial charge in [0.15, 0.2) is 0 Å². The first kappa shape index (κ1) is 37.7. The molecule has 7 heteroatoms. The molecular weight excluding hydrogens is 585 g/mol. The number of rotatable bonds is 15. The van der Waals surface area contributed by atoms with E-state index in [1.54, 1.807) is 11.3 Å². The molecule has 2 unspecified atom stereocenters. The quantitative estimate of drug-likeness (QED) is 0.155. The standard InChI is InChI=1S/C36H58O4SSi2/c1-14-26(18-17-21-36(37,15-2)16-3)27-22-29(41-25-27)24-38-28-19-20-30(32(34(4,5)6)39-42(10)11)31(23-28)33(35(7,8)9)40-43(12)13/h17-23,25,32-33,37H,14-16,24H2,1-13H3. The van der Waals surface area contributed by atoms with Gasteiger partial charge in [0.1, 0.15) is 12.4 Å². The zero-order valence-corrected chi connectivity index (χ0v) is 32.0. The van der Waals surface area contributed by atoms with E-state index in [1.807, 2.05) is 26.0 Å². The zero-order valence-electron chi connectivity index (χ0n) is 29.2. The summed E-state index contributed by atoms with van der Waals surface area (Å²) in [4.78, 5) is 1.18. The van der Waals surface area contributed by atoms with Crippen LogP contribution in [0.5, 0.6) is 5.75 Å². The van der Waals surface area contributed by atoms with E-state index in [0.29, 0.717) is 19.4 Å². The summed E-state index contributed by atoms with van der Waals surface area (Å²) < 4.78 is 19.8. The van der Waals surface area contributed by atoms with Gasteiger partial charge in [-0.25, -0.2) is 0 Å². The molecule has 1 aromatic heterocycles. The Balaban J connectivity index is 2.42. The van der Waals surface area contributed by atoms with Crippen molar-refractivity contribution in [3.8, 4) is 5.75 Å². The molecule has 0 fully saturated rings. The number of allylic oxidation sites excluding steroid dienone is 3. The van der Waals surface area contributed by atoms with Crippen molar-refractivity contribution in [3.63, 3.8) is 0 Å². The SMILES string of the molecule is CCC(=CC=CC(O)(CC)CC)c1csc(COc2ccc(C(O[Si](C)C)C(C)(C)C)c(C(O[Si](C)C)C(C)(C)C)c2)c1. The third kappa shape index (κ3) is 11.4. The molecule has 2 radical (unpaired) electrons. The predicted octanol–water partition coefficient (Wildman–Crippen LogP) is 10.9. The molecule has 2 rings (SSSR count). The van der Waals surface area contributed by atoms with Crippen molar-refractivity contribution in [2.75, 3.05) is 0 Å². The van der Waals surface area contributed by atoms with Crippen LogP contribution in [0.2, 0.25) is 26.2 Å². The molecule has 0 aliphatic carbocycles. The highest BCUT2D eigenvalue weighted by molar-refractivity contribution is 7.10. The van der Waals surface area contributed by atoms with Gasteiger partial charge in [0, 0.05) is 4.88 Å². The minimum atomic E-state index is -0.953. The summed E-state index contributed by atoms with van der Waals surface area (Å²) in [5, 5.41) is 12.8. The highest BCUT2D eigenvalue weighted by atomic mass is 32.1. The van der Waals surface area contributed by atoms with Gasteiger partial charge in [-0.2, -0.15) is 0 Å². The van der Waals surface area contributed by atoms with Crippen LogP contribution in [0.3, 0.4) is 0 Å². The molecule has 0 aliphatic rings. The van der Waals surface area contributed by atoms with Crippen molar-refractivity contribution in [2.45, 2.75) is 132 Å². The number of thiophene rings is 1. The number of benzene rings is 1. The van der Waals surface area contributed by atoms with Crippen LogP contribution >= 0.6 is 11.3 Å². The maximum atomic E-state index is 10.6. The molecule has 0 saturated heterocycles. The summed E-state index contributed by atoms with van der Waals surface area (Å²) >= 11 is 1.73. The van der Waals surface area contributed by atoms with Gasteiger partial charge in [0.2, 0.25) is 18.1 Å². The van der Waals surface area contributed by atoms with Crippen molar-refractivity contribution in [3.05, 3.63) is 69.4 Å². The molecule has 4 nitrogen and oxygen atoms in total. The molecule has 0 aliphatic heterocycles. The van der Waals surface area contributed by atoms with Gasteiger partial charge < -0.3 is 18.7 Å². The molecule has 1 heterocycles.